The number of carbonyl (C=O) groups is 1. The van der Waals surface area contributed by atoms with E-state index in [4.69, 9.17) is 4.74 Å². The van der Waals surface area contributed by atoms with Gasteiger partial charge in [0.2, 0.25) is 0 Å². The van der Waals surface area contributed by atoms with E-state index < -0.39 is 0 Å². The molecule has 5 nitrogen and oxygen atoms in total. The molecule has 1 rings (SSSR count). The first-order valence-electron chi connectivity index (χ1n) is 5.24. The Morgan fingerprint density at radius 3 is 2.75 bits per heavy atom. The zero-order valence-corrected chi connectivity index (χ0v) is 9.80. The molecule has 1 unspecified atom stereocenters. The SMILES string of the molecule is COC(=O)C(CC(C)C)Nc1cnccn1. The summed E-state index contributed by atoms with van der Waals surface area (Å²) in [6.07, 6.45) is 5.44. The predicted molar refractivity (Wildman–Crippen MR) is 60.9 cm³/mol. The molecule has 0 fully saturated rings. The summed E-state index contributed by atoms with van der Waals surface area (Å²) >= 11 is 0. The van der Waals surface area contributed by atoms with Gasteiger partial charge >= 0.3 is 5.97 Å². The summed E-state index contributed by atoms with van der Waals surface area (Å²) in [6.45, 7) is 4.10. The van der Waals surface area contributed by atoms with Crippen molar-refractivity contribution in [3.8, 4) is 0 Å². The highest BCUT2D eigenvalue weighted by Gasteiger charge is 2.20. The van der Waals surface area contributed by atoms with Crippen LogP contribution in [-0.4, -0.2) is 29.1 Å². The van der Waals surface area contributed by atoms with Gasteiger partial charge in [-0.3, -0.25) is 4.98 Å². The minimum atomic E-state index is -0.373. The summed E-state index contributed by atoms with van der Waals surface area (Å²) in [7, 11) is 1.38. The topological polar surface area (TPSA) is 64.1 Å². The fourth-order valence-electron chi connectivity index (χ4n) is 1.38. The van der Waals surface area contributed by atoms with Crippen LogP contribution >= 0.6 is 0 Å². The third-order valence-corrected chi connectivity index (χ3v) is 2.08. The van der Waals surface area contributed by atoms with Gasteiger partial charge in [0.25, 0.3) is 0 Å². The predicted octanol–water partition coefficient (Wildman–Crippen LogP) is 1.48. The van der Waals surface area contributed by atoms with E-state index in [2.05, 4.69) is 15.3 Å². The average molecular weight is 223 g/mol. The van der Waals surface area contributed by atoms with Crippen LogP contribution < -0.4 is 5.32 Å². The van der Waals surface area contributed by atoms with Gasteiger partial charge in [0.15, 0.2) is 0 Å². The molecule has 0 aromatic carbocycles. The molecule has 5 heteroatoms. The maximum Gasteiger partial charge on any atom is 0.328 e. The lowest BCUT2D eigenvalue weighted by molar-refractivity contribution is -0.141. The third kappa shape index (κ3) is 3.84. The number of anilines is 1. The van der Waals surface area contributed by atoms with E-state index in [1.54, 1.807) is 18.6 Å². The highest BCUT2D eigenvalue weighted by molar-refractivity contribution is 5.78. The summed E-state index contributed by atoms with van der Waals surface area (Å²) in [5, 5.41) is 3.01. The van der Waals surface area contributed by atoms with Crippen LogP contribution in [-0.2, 0) is 9.53 Å². The number of carbonyl (C=O) groups excluding carboxylic acids is 1. The summed E-state index contributed by atoms with van der Waals surface area (Å²) in [5.41, 5.74) is 0. The molecule has 0 aliphatic carbocycles. The Balaban J connectivity index is 2.67. The second-order valence-corrected chi connectivity index (χ2v) is 3.94. The Hall–Kier alpha value is -1.65. The van der Waals surface area contributed by atoms with Gasteiger partial charge < -0.3 is 10.1 Å². The van der Waals surface area contributed by atoms with Crippen molar-refractivity contribution in [3.63, 3.8) is 0 Å². The lowest BCUT2D eigenvalue weighted by Crippen LogP contribution is -2.32. The van der Waals surface area contributed by atoms with Gasteiger partial charge in [-0.05, 0) is 12.3 Å². The minimum absolute atomic E-state index is 0.278. The molecule has 16 heavy (non-hydrogen) atoms. The van der Waals surface area contributed by atoms with E-state index in [1.165, 1.54) is 7.11 Å². The van der Waals surface area contributed by atoms with Crippen LogP contribution in [0, 0.1) is 5.92 Å². The lowest BCUT2D eigenvalue weighted by atomic mass is 10.0. The molecule has 1 atom stereocenters. The number of hydrogen-bond donors (Lipinski definition) is 1. The largest absolute Gasteiger partial charge is 0.467 e. The zero-order valence-electron chi connectivity index (χ0n) is 9.80. The summed E-state index contributed by atoms with van der Waals surface area (Å²) in [5.74, 6) is 0.700. The number of ether oxygens (including phenoxy) is 1. The Morgan fingerprint density at radius 1 is 1.50 bits per heavy atom. The summed E-state index contributed by atoms with van der Waals surface area (Å²) in [6, 6.07) is -0.373. The maximum atomic E-state index is 11.5. The van der Waals surface area contributed by atoms with Crippen molar-refractivity contribution in [1.82, 2.24) is 9.97 Å². The van der Waals surface area contributed by atoms with Crippen molar-refractivity contribution >= 4 is 11.8 Å². The number of nitrogens with one attached hydrogen (secondary N) is 1. The number of esters is 1. The normalized spacial score (nSPS) is 12.2. The molecule has 0 saturated heterocycles. The number of methoxy groups -OCH3 is 1. The van der Waals surface area contributed by atoms with Gasteiger partial charge in [-0.25, -0.2) is 9.78 Å². The minimum Gasteiger partial charge on any atom is -0.467 e. The quantitative estimate of drug-likeness (QED) is 0.766. The molecule has 0 saturated carbocycles. The van der Waals surface area contributed by atoms with Crippen molar-refractivity contribution < 1.29 is 9.53 Å². The summed E-state index contributed by atoms with van der Waals surface area (Å²) < 4.78 is 4.74. The van der Waals surface area contributed by atoms with E-state index in [1.807, 2.05) is 13.8 Å². The van der Waals surface area contributed by atoms with Crippen LogP contribution in [0.2, 0.25) is 0 Å². The first-order valence-corrected chi connectivity index (χ1v) is 5.24. The fourth-order valence-corrected chi connectivity index (χ4v) is 1.38. The van der Waals surface area contributed by atoms with Crippen LogP contribution in [0.5, 0.6) is 0 Å². The van der Waals surface area contributed by atoms with Crippen molar-refractivity contribution in [2.24, 2.45) is 5.92 Å². The Kier molecular flexibility index (Phi) is 4.69. The molecule has 0 bridgehead atoms. The molecule has 0 aliphatic heterocycles. The number of aromatic nitrogens is 2. The molecule has 1 N–H and O–H groups in total. The second kappa shape index (κ2) is 6.05. The summed E-state index contributed by atoms with van der Waals surface area (Å²) in [4.78, 5) is 19.5. The molecule has 88 valence electrons. The smallest absolute Gasteiger partial charge is 0.328 e. The van der Waals surface area contributed by atoms with E-state index in [0.717, 1.165) is 0 Å². The third-order valence-electron chi connectivity index (χ3n) is 2.08. The van der Waals surface area contributed by atoms with E-state index in [0.29, 0.717) is 18.2 Å². The first-order chi connectivity index (χ1) is 7.63. The lowest BCUT2D eigenvalue weighted by Gasteiger charge is -2.18. The van der Waals surface area contributed by atoms with Gasteiger partial charge in [0.1, 0.15) is 11.9 Å². The monoisotopic (exact) mass is 223 g/mol. The molecule has 0 spiro atoms. The molecule has 0 aliphatic rings. The van der Waals surface area contributed by atoms with Gasteiger partial charge in [0, 0.05) is 12.4 Å². The average Bonchev–Trinajstić information content (AvgIpc) is 2.28. The number of rotatable bonds is 5. The van der Waals surface area contributed by atoms with E-state index in [-0.39, 0.29) is 12.0 Å². The Morgan fingerprint density at radius 2 is 2.25 bits per heavy atom. The van der Waals surface area contributed by atoms with Crippen molar-refractivity contribution in [1.29, 1.82) is 0 Å². The highest BCUT2D eigenvalue weighted by atomic mass is 16.5. The van der Waals surface area contributed by atoms with Crippen LogP contribution in [0.1, 0.15) is 20.3 Å². The molecule has 1 aromatic rings. The van der Waals surface area contributed by atoms with Crippen LogP contribution in [0.15, 0.2) is 18.6 Å². The maximum absolute atomic E-state index is 11.5. The number of hydrogen-bond acceptors (Lipinski definition) is 5. The van der Waals surface area contributed by atoms with Gasteiger partial charge in [-0.2, -0.15) is 0 Å². The van der Waals surface area contributed by atoms with Crippen LogP contribution in [0.4, 0.5) is 5.82 Å². The molecular weight excluding hydrogens is 206 g/mol. The molecule has 1 aromatic heterocycles. The van der Waals surface area contributed by atoms with Crippen LogP contribution in [0.25, 0.3) is 0 Å². The molecule has 0 amide bonds. The Labute approximate surface area is 95.3 Å². The van der Waals surface area contributed by atoms with E-state index >= 15 is 0 Å². The van der Waals surface area contributed by atoms with E-state index in [9.17, 15) is 4.79 Å². The van der Waals surface area contributed by atoms with Crippen molar-refractivity contribution in [2.75, 3.05) is 12.4 Å². The van der Waals surface area contributed by atoms with Gasteiger partial charge in [0.05, 0.1) is 13.3 Å². The van der Waals surface area contributed by atoms with Gasteiger partial charge in [-0.1, -0.05) is 13.8 Å². The second-order valence-electron chi connectivity index (χ2n) is 3.94. The zero-order chi connectivity index (χ0) is 12.0. The Bertz CT molecular complexity index is 327. The van der Waals surface area contributed by atoms with Crippen LogP contribution in [0.3, 0.4) is 0 Å². The van der Waals surface area contributed by atoms with Gasteiger partial charge in [-0.15, -0.1) is 0 Å². The number of nitrogens with zero attached hydrogens (tertiary/aromatic N) is 2. The van der Waals surface area contributed by atoms with Crippen molar-refractivity contribution in [2.45, 2.75) is 26.3 Å². The molecule has 1 heterocycles. The molecule has 0 radical (unpaired) electrons. The molecular formula is C11H17N3O2. The fraction of sp³-hybridized carbons (Fsp3) is 0.545. The highest BCUT2D eigenvalue weighted by Crippen LogP contribution is 2.11. The standard InChI is InChI=1S/C11H17N3O2/c1-8(2)6-9(11(15)16-3)14-10-7-12-4-5-13-10/h4-5,7-9H,6H2,1-3H3,(H,13,14). The van der Waals surface area contributed by atoms with Crippen molar-refractivity contribution in [3.05, 3.63) is 18.6 Å². The first kappa shape index (κ1) is 12.4.